The Hall–Kier alpha value is -2.59. The molecule has 1 saturated heterocycles. The van der Waals surface area contributed by atoms with E-state index in [-0.39, 0.29) is 0 Å². The van der Waals surface area contributed by atoms with Gasteiger partial charge in [-0.05, 0) is 19.1 Å². The van der Waals surface area contributed by atoms with Crippen LogP contribution >= 0.6 is 0 Å². The van der Waals surface area contributed by atoms with Crippen molar-refractivity contribution >= 4 is 22.7 Å². The Morgan fingerprint density at radius 2 is 1.92 bits per heavy atom. The fourth-order valence-electron chi connectivity index (χ4n) is 3.07. The van der Waals surface area contributed by atoms with Crippen LogP contribution in [0.15, 0.2) is 36.7 Å². The summed E-state index contributed by atoms with van der Waals surface area (Å²) in [6.45, 7) is 1.36. The number of imidazole rings is 1. The van der Waals surface area contributed by atoms with Crippen molar-refractivity contribution in [1.29, 1.82) is 0 Å². The van der Waals surface area contributed by atoms with E-state index in [9.17, 15) is 15.3 Å². The summed E-state index contributed by atoms with van der Waals surface area (Å²) in [5.41, 5.74) is 1.83. The molecular weight excluding hydrogens is 338 g/mol. The Kier molecular flexibility index (Phi) is 4.29. The van der Waals surface area contributed by atoms with Gasteiger partial charge in [-0.25, -0.2) is 15.0 Å². The second kappa shape index (κ2) is 6.61. The molecule has 4 atom stereocenters. The van der Waals surface area contributed by atoms with Crippen LogP contribution in [0.3, 0.4) is 0 Å². The van der Waals surface area contributed by atoms with Gasteiger partial charge in [-0.1, -0.05) is 18.2 Å². The van der Waals surface area contributed by atoms with Crippen molar-refractivity contribution in [1.82, 2.24) is 19.5 Å². The predicted octanol–water partition coefficient (Wildman–Crippen LogP) is 0.490. The first-order chi connectivity index (χ1) is 12.6. The smallest absolute Gasteiger partial charge is 0.167 e. The second-order valence-corrected chi connectivity index (χ2v) is 6.16. The van der Waals surface area contributed by atoms with Crippen LogP contribution in [0.2, 0.25) is 0 Å². The van der Waals surface area contributed by atoms with Crippen LogP contribution in [-0.4, -0.2) is 59.8 Å². The lowest BCUT2D eigenvalue weighted by molar-refractivity contribution is -0.0511. The Balaban J connectivity index is 1.75. The van der Waals surface area contributed by atoms with E-state index in [1.54, 1.807) is 11.5 Å². The average molecular weight is 357 g/mol. The summed E-state index contributed by atoms with van der Waals surface area (Å²) in [5, 5.41) is 32.7. The Labute approximate surface area is 148 Å². The van der Waals surface area contributed by atoms with Crippen LogP contribution < -0.4 is 5.32 Å². The highest BCUT2D eigenvalue weighted by atomic mass is 16.6. The zero-order chi connectivity index (χ0) is 18.3. The lowest BCUT2D eigenvalue weighted by atomic mass is 10.1. The third kappa shape index (κ3) is 2.80. The number of fused-ring (bicyclic) bond motifs is 1. The third-order valence-electron chi connectivity index (χ3n) is 4.36. The summed E-state index contributed by atoms with van der Waals surface area (Å²) in [5.74, 6) is 1.05. The molecule has 1 aliphatic rings. The van der Waals surface area contributed by atoms with E-state index in [0.717, 1.165) is 5.69 Å². The molecule has 4 N–H and O–H groups in total. The number of hydrogen-bond donors (Lipinski definition) is 4. The van der Waals surface area contributed by atoms with E-state index in [4.69, 9.17) is 4.74 Å². The zero-order valence-electron chi connectivity index (χ0n) is 14.0. The van der Waals surface area contributed by atoms with Gasteiger partial charge in [0.2, 0.25) is 0 Å². The fourth-order valence-corrected chi connectivity index (χ4v) is 3.07. The van der Waals surface area contributed by atoms with E-state index in [0.29, 0.717) is 22.8 Å². The van der Waals surface area contributed by atoms with Crippen molar-refractivity contribution in [3.8, 4) is 0 Å². The second-order valence-electron chi connectivity index (χ2n) is 6.16. The molecule has 2 aromatic heterocycles. The monoisotopic (exact) mass is 357 g/mol. The van der Waals surface area contributed by atoms with Gasteiger partial charge in [0.1, 0.15) is 24.1 Å². The number of hydrogen-bond acceptors (Lipinski definition) is 8. The molecule has 0 bridgehead atoms. The Bertz CT molecular complexity index is 916. The molecule has 0 radical (unpaired) electrons. The molecule has 1 aliphatic heterocycles. The van der Waals surface area contributed by atoms with Gasteiger partial charge >= 0.3 is 0 Å². The number of nitrogens with zero attached hydrogens (tertiary/aromatic N) is 4. The molecule has 1 aromatic carbocycles. The van der Waals surface area contributed by atoms with Gasteiger partial charge in [-0.3, -0.25) is 4.57 Å². The minimum atomic E-state index is -1.20. The fraction of sp³-hybridized carbons (Fsp3) is 0.353. The van der Waals surface area contributed by atoms with Gasteiger partial charge in [0.05, 0.1) is 12.9 Å². The minimum Gasteiger partial charge on any atom is -0.394 e. The first-order valence-corrected chi connectivity index (χ1v) is 8.24. The summed E-state index contributed by atoms with van der Waals surface area (Å²) >= 11 is 0. The number of benzene rings is 1. The number of aliphatic hydroxyl groups excluding tert-OH is 3. The van der Waals surface area contributed by atoms with Crippen LogP contribution in [0.25, 0.3) is 11.2 Å². The number of aryl methyl sites for hydroxylation is 1. The van der Waals surface area contributed by atoms with Crippen LogP contribution in [-0.2, 0) is 4.74 Å². The van der Waals surface area contributed by atoms with Crippen molar-refractivity contribution in [3.05, 3.63) is 42.5 Å². The molecule has 26 heavy (non-hydrogen) atoms. The van der Waals surface area contributed by atoms with E-state index >= 15 is 0 Å². The number of ether oxygens (including phenoxy) is 1. The molecule has 9 heteroatoms. The molecule has 136 valence electrons. The van der Waals surface area contributed by atoms with Gasteiger partial charge in [0.15, 0.2) is 23.2 Å². The van der Waals surface area contributed by atoms with E-state index in [2.05, 4.69) is 20.3 Å². The van der Waals surface area contributed by atoms with Gasteiger partial charge in [-0.15, -0.1) is 0 Å². The molecule has 0 unspecified atom stereocenters. The Morgan fingerprint density at radius 3 is 2.62 bits per heavy atom. The number of aromatic nitrogens is 4. The minimum absolute atomic E-state index is 0.393. The lowest BCUT2D eigenvalue weighted by Crippen LogP contribution is -2.33. The zero-order valence-corrected chi connectivity index (χ0v) is 14.0. The topological polar surface area (TPSA) is 126 Å². The van der Waals surface area contributed by atoms with Crippen molar-refractivity contribution < 1.29 is 20.1 Å². The van der Waals surface area contributed by atoms with E-state index < -0.39 is 31.1 Å². The summed E-state index contributed by atoms with van der Waals surface area (Å²) in [6.07, 6.45) is -2.67. The van der Waals surface area contributed by atoms with E-state index in [1.807, 2.05) is 30.3 Å². The van der Waals surface area contributed by atoms with Gasteiger partial charge in [0, 0.05) is 5.69 Å². The molecule has 9 nitrogen and oxygen atoms in total. The van der Waals surface area contributed by atoms with Crippen molar-refractivity contribution in [2.45, 2.75) is 31.5 Å². The highest BCUT2D eigenvalue weighted by Gasteiger charge is 2.44. The quantitative estimate of drug-likeness (QED) is 0.532. The molecule has 0 aliphatic carbocycles. The summed E-state index contributed by atoms with van der Waals surface area (Å²) in [7, 11) is 0. The maximum Gasteiger partial charge on any atom is 0.167 e. The molecule has 3 aromatic rings. The van der Waals surface area contributed by atoms with Crippen molar-refractivity contribution in [3.63, 3.8) is 0 Å². The molecule has 0 spiro atoms. The van der Waals surface area contributed by atoms with Gasteiger partial charge in [0.25, 0.3) is 0 Å². The largest absolute Gasteiger partial charge is 0.394 e. The number of nitrogens with one attached hydrogen (secondary N) is 1. The Morgan fingerprint density at radius 1 is 1.15 bits per heavy atom. The summed E-state index contributed by atoms with van der Waals surface area (Å²) in [6, 6.07) is 9.55. The highest BCUT2D eigenvalue weighted by Crippen LogP contribution is 2.32. The number of rotatable bonds is 4. The van der Waals surface area contributed by atoms with E-state index in [1.165, 1.54) is 6.33 Å². The van der Waals surface area contributed by atoms with Crippen molar-refractivity contribution in [2.75, 3.05) is 11.9 Å². The lowest BCUT2D eigenvalue weighted by Gasteiger charge is -2.16. The SMILES string of the molecule is Cc1nc(Nc2ccccc2)c2ncn([C@@H]3O[C@H](CO)[C@@H](O)[C@H]3O)c2n1. The van der Waals surface area contributed by atoms with Gasteiger partial charge in [-0.2, -0.15) is 0 Å². The number of para-hydroxylation sites is 1. The molecule has 3 heterocycles. The standard InChI is InChI=1S/C17H19N5O4/c1-9-19-15(21-10-5-3-2-4-6-10)12-16(20-9)22(8-18-12)17-14(25)13(24)11(7-23)26-17/h2-6,8,11,13-14,17,23-25H,7H2,1H3,(H,19,20,21)/t11-,13-,14-,17-/m1/s1. The normalized spacial score (nSPS) is 25.7. The first-order valence-electron chi connectivity index (χ1n) is 8.24. The summed E-state index contributed by atoms with van der Waals surface area (Å²) in [4.78, 5) is 13.2. The average Bonchev–Trinajstić information content (AvgIpc) is 3.17. The predicted molar refractivity (Wildman–Crippen MR) is 92.8 cm³/mol. The van der Waals surface area contributed by atoms with Crippen LogP contribution in [0.5, 0.6) is 0 Å². The number of aliphatic hydroxyl groups is 3. The van der Waals surface area contributed by atoms with Gasteiger partial charge < -0.3 is 25.4 Å². The molecular formula is C17H19N5O4. The van der Waals surface area contributed by atoms with Crippen LogP contribution in [0.4, 0.5) is 11.5 Å². The highest BCUT2D eigenvalue weighted by molar-refractivity contribution is 5.85. The maximum absolute atomic E-state index is 10.3. The number of anilines is 2. The first kappa shape index (κ1) is 16.9. The van der Waals surface area contributed by atoms with Crippen LogP contribution in [0.1, 0.15) is 12.1 Å². The third-order valence-corrected chi connectivity index (χ3v) is 4.36. The molecule has 0 saturated carbocycles. The molecule has 0 amide bonds. The summed E-state index contributed by atoms with van der Waals surface area (Å²) < 4.78 is 7.12. The van der Waals surface area contributed by atoms with Crippen LogP contribution in [0, 0.1) is 6.92 Å². The maximum atomic E-state index is 10.3. The molecule has 1 fully saturated rings. The van der Waals surface area contributed by atoms with Crippen molar-refractivity contribution in [2.24, 2.45) is 0 Å². The molecule has 4 rings (SSSR count).